The lowest BCUT2D eigenvalue weighted by molar-refractivity contribution is 0.0305. The van der Waals surface area contributed by atoms with Crippen molar-refractivity contribution in [3.05, 3.63) is 45.3 Å². The van der Waals surface area contributed by atoms with E-state index in [4.69, 9.17) is 4.74 Å². The summed E-state index contributed by atoms with van der Waals surface area (Å²) in [5, 5.41) is 0. The van der Waals surface area contributed by atoms with E-state index >= 15 is 0 Å². The molecule has 0 spiro atoms. The van der Waals surface area contributed by atoms with E-state index in [9.17, 15) is 9.59 Å². The van der Waals surface area contributed by atoms with Gasteiger partial charge in [0.15, 0.2) is 0 Å². The first-order valence-corrected chi connectivity index (χ1v) is 7.65. The minimum Gasteiger partial charge on any atom is -0.370 e. The van der Waals surface area contributed by atoms with Crippen LogP contribution in [0.5, 0.6) is 0 Å². The van der Waals surface area contributed by atoms with Crippen LogP contribution in [0.2, 0.25) is 0 Å². The number of nitrogens with one attached hydrogen (secondary N) is 1. The second-order valence-electron chi connectivity index (χ2n) is 5.86. The highest BCUT2D eigenvalue weighted by molar-refractivity contribution is 5.10. The summed E-state index contributed by atoms with van der Waals surface area (Å²) in [4.78, 5) is 26.0. The summed E-state index contributed by atoms with van der Waals surface area (Å²) in [7, 11) is 0. The molecular weight excluding hydrogens is 268 g/mol. The van der Waals surface area contributed by atoms with Crippen LogP contribution in [0, 0.1) is 5.92 Å². The van der Waals surface area contributed by atoms with Crippen molar-refractivity contribution in [3.8, 4) is 0 Å². The number of aromatic amines is 1. The molecule has 2 rings (SSSR count). The number of hydrogen-bond donors (Lipinski definition) is 1. The maximum atomic E-state index is 12.0. The third kappa shape index (κ3) is 3.73. The number of aromatic nitrogens is 2. The summed E-state index contributed by atoms with van der Waals surface area (Å²) in [6, 6.07) is 0. The standard InChI is InChI=1S/C16H24N2O3/c1-4-8-18-10-13(15(19)17-16(18)20)14-7-6-12(21-14)9-11(3)5-2/h4,10-12,14H,1,5-9H2,2-3H3,(H,17,19,20)/t11?,12?,14-/m1/s1. The molecule has 2 heterocycles. The first kappa shape index (κ1) is 15.8. The molecule has 0 aliphatic carbocycles. The lowest BCUT2D eigenvalue weighted by Gasteiger charge is -2.17. The summed E-state index contributed by atoms with van der Waals surface area (Å²) < 4.78 is 7.47. The Bertz CT molecular complexity index is 602. The molecule has 1 aromatic rings. The number of allylic oxidation sites excluding steroid dienone is 1. The van der Waals surface area contributed by atoms with Crippen LogP contribution in [-0.2, 0) is 11.3 Å². The second kappa shape index (κ2) is 6.89. The number of ether oxygens (including phenoxy) is 1. The molecular formula is C16H24N2O3. The Morgan fingerprint density at radius 1 is 1.52 bits per heavy atom. The van der Waals surface area contributed by atoms with Crippen molar-refractivity contribution in [1.82, 2.24) is 9.55 Å². The zero-order valence-electron chi connectivity index (χ0n) is 12.8. The topological polar surface area (TPSA) is 64.1 Å². The lowest BCUT2D eigenvalue weighted by Crippen LogP contribution is -2.32. The summed E-state index contributed by atoms with van der Waals surface area (Å²) in [5.74, 6) is 0.627. The van der Waals surface area contributed by atoms with Crippen LogP contribution in [0.4, 0.5) is 0 Å². The number of rotatable bonds is 6. The Labute approximate surface area is 124 Å². The largest absolute Gasteiger partial charge is 0.370 e. The van der Waals surface area contributed by atoms with Gasteiger partial charge in [0.05, 0.1) is 17.8 Å². The van der Waals surface area contributed by atoms with E-state index < -0.39 is 5.69 Å². The van der Waals surface area contributed by atoms with Gasteiger partial charge >= 0.3 is 5.69 Å². The average molecular weight is 292 g/mol. The first-order valence-electron chi connectivity index (χ1n) is 7.65. The third-order valence-corrected chi connectivity index (χ3v) is 4.18. The summed E-state index contributed by atoms with van der Waals surface area (Å²) in [5.41, 5.74) is -0.199. The fourth-order valence-corrected chi connectivity index (χ4v) is 2.75. The van der Waals surface area contributed by atoms with E-state index in [0.29, 0.717) is 18.0 Å². The molecule has 1 N–H and O–H groups in total. The number of nitrogens with zero attached hydrogens (tertiary/aromatic N) is 1. The van der Waals surface area contributed by atoms with Gasteiger partial charge in [-0.05, 0) is 25.2 Å². The van der Waals surface area contributed by atoms with Gasteiger partial charge in [0.1, 0.15) is 0 Å². The van der Waals surface area contributed by atoms with E-state index in [0.717, 1.165) is 25.7 Å². The van der Waals surface area contributed by atoms with Crippen molar-refractivity contribution in [1.29, 1.82) is 0 Å². The molecule has 21 heavy (non-hydrogen) atoms. The Hall–Kier alpha value is -1.62. The van der Waals surface area contributed by atoms with E-state index in [2.05, 4.69) is 25.4 Å². The molecule has 1 fully saturated rings. The van der Waals surface area contributed by atoms with Crippen LogP contribution in [-0.4, -0.2) is 15.7 Å². The molecule has 0 saturated carbocycles. The summed E-state index contributed by atoms with van der Waals surface area (Å²) >= 11 is 0. The molecule has 116 valence electrons. The molecule has 1 aliphatic rings. The molecule has 5 nitrogen and oxygen atoms in total. The van der Waals surface area contributed by atoms with Crippen LogP contribution in [0.3, 0.4) is 0 Å². The van der Waals surface area contributed by atoms with Gasteiger partial charge in [0.25, 0.3) is 5.56 Å². The minimum absolute atomic E-state index is 0.209. The van der Waals surface area contributed by atoms with Crippen LogP contribution < -0.4 is 11.2 Å². The molecule has 0 radical (unpaired) electrons. The van der Waals surface area contributed by atoms with E-state index in [1.807, 2.05) is 0 Å². The Balaban J connectivity index is 2.16. The maximum Gasteiger partial charge on any atom is 0.328 e. The zero-order valence-corrected chi connectivity index (χ0v) is 12.8. The fourth-order valence-electron chi connectivity index (χ4n) is 2.75. The van der Waals surface area contributed by atoms with Gasteiger partial charge in [-0.15, -0.1) is 6.58 Å². The van der Waals surface area contributed by atoms with E-state index in [1.165, 1.54) is 4.57 Å². The normalized spacial score (nSPS) is 23.1. The third-order valence-electron chi connectivity index (χ3n) is 4.18. The molecule has 2 unspecified atom stereocenters. The highest BCUT2D eigenvalue weighted by Crippen LogP contribution is 2.33. The van der Waals surface area contributed by atoms with Crippen LogP contribution in [0.1, 0.15) is 51.2 Å². The summed E-state index contributed by atoms with van der Waals surface area (Å²) in [6.07, 6.45) is 7.20. The number of hydrogen-bond acceptors (Lipinski definition) is 3. The van der Waals surface area contributed by atoms with Crippen molar-refractivity contribution < 1.29 is 4.74 Å². The quantitative estimate of drug-likeness (QED) is 0.819. The molecule has 1 aromatic heterocycles. The van der Waals surface area contributed by atoms with Gasteiger partial charge < -0.3 is 4.74 Å². The van der Waals surface area contributed by atoms with Crippen LogP contribution in [0.25, 0.3) is 0 Å². The second-order valence-corrected chi connectivity index (χ2v) is 5.86. The highest BCUT2D eigenvalue weighted by atomic mass is 16.5. The Kier molecular flexibility index (Phi) is 5.17. The van der Waals surface area contributed by atoms with Crippen molar-refractivity contribution in [2.45, 2.75) is 58.3 Å². The van der Waals surface area contributed by atoms with Gasteiger partial charge in [-0.25, -0.2) is 4.79 Å². The van der Waals surface area contributed by atoms with Gasteiger partial charge in [0.2, 0.25) is 0 Å². The Morgan fingerprint density at radius 3 is 2.95 bits per heavy atom. The maximum absolute atomic E-state index is 12.0. The van der Waals surface area contributed by atoms with Crippen molar-refractivity contribution in [2.75, 3.05) is 0 Å². The molecule has 3 atom stereocenters. The van der Waals surface area contributed by atoms with Crippen LogP contribution >= 0.6 is 0 Å². The Morgan fingerprint density at radius 2 is 2.29 bits per heavy atom. The molecule has 0 aromatic carbocycles. The molecule has 5 heteroatoms. The smallest absolute Gasteiger partial charge is 0.328 e. The predicted molar refractivity (Wildman–Crippen MR) is 82.4 cm³/mol. The first-order chi connectivity index (χ1) is 10.0. The number of H-pyrrole nitrogens is 1. The van der Waals surface area contributed by atoms with Crippen molar-refractivity contribution in [3.63, 3.8) is 0 Å². The molecule has 1 aliphatic heterocycles. The molecule has 0 bridgehead atoms. The van der Waals surface area contributed by atoms with Crippen LogP contribution in [0.15, 0.2) is 28.4 Å². The van der Waals surface area contributed by atoms with Crippen molar-refractivity contribution in [2.24, 2.45) is 5.92 Å². The van der Waals surface area contributed by atoms with E-state index in [-0.39, 0.29) is 17.8 Å². The monoisotopic (exact) mass is 292 g/mol. The van der Waals surface area contributed by atoms with Gasteiger partial charge in [0, 0.05) is 12.7 Å². The highest BCUT2D eigenvalue weighted by Gasteiger charge is 2.29. The van der Waals surface area contributed by atoms with E-state index in [1.54, 1.807) is 12.3 Å². The van der Waals surface area contributed by atoms with Gasteiger partial charge in [-0.2, -0.15) is 0 Å². The lowest BCUT2D eigenvalue weighted by atomic mass is 9.99. The minimum atomic E-state index is -0.405. The zero-order chi connectivity index (χ0) is 15.4. The van der Waals surface area contributed by atoms with Gasteiger partial charge in [-0.1, -0.05) is 26.3 Å². The SMILES string of the molecule is C=CCn1cc([C@H]2CCC(CC(C)CC)O2)c(=O)[nH]c1=O. The molecule has 1 saturated heterocycles. The van der Waals surface area contributed by atoms with Crippen molar-refractivity contribution >= 4 is 0 Å². The fraction of sp³-hybridized carbons (Fsp3) is 0.625. The average Bonchev–Trinajstić information content (AvgIpc) is 2.90. The summed E-state index contributed by atoms with van der Waals surface area (Å²) in [6.45, 7) is 8.39. The predicted octanol–water partition coefficient (Wildman–Crippen LogP) is 2.38. The molecule has 0 amide bonds. The van der Waals surface area contributed by atoms with Gasteiger partial charge in [-0.3, -0.25) is 14.3 Å².